The Kier molecular flexibility index (Phi) is 3.03. The summed E-state index contributed by atoms with van der Waals surface area (Å²) in [5.74, 6) is 0.224. The summed E-state index contributed by atoms with van der Waals surface area (Å²) in [6.45, 7) is 5.47. The number of amides is 1. The number of carbonyl (C=O) groups excluding carboxylic acids is 1. The zero-order valence-electron chi connectivity index (χ0n) is 8.70. The van der Waals surface area contributed by atoms with Crippen LogP contribution in [0.15, 0.2) is 0 Å². The zero-order valence-corrected chi connectivity index (χ0v) is 8.70. The highest BCUT2D eigenvalue weighted by molar-refractivity contribution is 5.82. The van der Waals surface area contributed by atoms with E-state index < -0.39 is 0 Å². The van der Waals surface area contributed by atoms with Crippen molar-refractivity contribution in [1.29, 1.82) is 0 Å². The minimum Gasteiger partial charge on any atom is -0.339 e. The molecule has 0 aromatic rings. The van der Waals surface area contributed by atoms with E-state index in [9.17, 15) is 4.79 Å². The first-order chi connectivity index (χ1) is 6.79. The second-order valence-corrected chi connectivity index (χ2v) is 4.15. The molecule has 1 N–H and O–H groups in total. The van der Waals surface area contributed by atoms with Crippen molar-refractivity contribution in [2.24, 2.45) is 0 Å². The maximum Gasteiger partial charge on any atom is 0.242 e. The van der Waals surface area contributed by atoms with E-state index in [1.54, 1.807) is 0 Å². The van der Waals surface area contributed by atoms with Crippen molar-refractivity contribution in [2.45, 2.75) is 31.8 Å². The Hall–Kier alpha value is -0.610. The average Bonchev–Trinajstić information content (AvgIpc) is 2.65. The Bertz CT molecular complexity index is 213. The minimum atomic E-state index is -0.121. The predicted octanol–water partition coefficient (Wildman–Crippen LogP) is -0.426. The van der Waals surface area contributed by atoms with E-state index in [4.69, 9.17) is 0 Å². The van der Waals surface area contributed by atoms with Crippen LogP contribution >= 0.6 is 0 Å². The maximum atomic E-state index is 12.0. The fraction of sp³-hybridized carbons (Fsp3) is 0.900. The van der Waals surface area contributed by atoms with Gasteiger partial charge in [-0.05, 0) is 19.8 Å². The molecule has 1 radical (unpaired) electrons. The summed E-state index contributed by atoms with van der Waals surface area (Å²) in [4.78, 5) is 14.0. The summed E-state index contributed by atoms with van der Waals surface area (Å²) < 4.78 is 0. The Morgan fingerprint density at radius 2 is 2.43 bits per heavy atom. The van der Waals surface area contributed by atoms with Crippen LogP contribution in [0, 0.1) is 0 Å². The second kappa shape index (κ2) is 4.28. The van der Waals surface area contributed by atoms with E-state index in [0.717, 1.165) is 39.0 Å². The Morgan fingerprint density at radius 3 is 3.00 bits per heavy atom. The minimum absolute atomic E-state index is 0.121. The average molecular weight is 196 g/mol. The standard InChI is InChI=1S/C10H18N3O/c1-8-3-2-6-13(8)10(14)9-7-11-4-5-12-9/h8-9,11H,2-7H2,1H3. The van der Waals surface area contributed by atoms with E-state index in [1.807, 2.05) is 4.90 Å². The van der Waals surface area contributed by atoms with Crippen LogP contribution in [0.3, 0.4) is 0 Å². The molecule has 79 valence electrons. The van der Waals surface area contributed by atoms with E-state index >= 15 is 0 Å². The third-order valence-corrected chi connectivity index (χ3v) is 3.10. The predicted molar refractivity (Wildman–Crippen MR) is 54.1 cm³/mol. The lowest BCUT2D eigenvalue weighted by molar-refractivity contribution is -0.134. The van der Waals surface area contributed by atoms with Crippen molar-refractivity contribution in [3.63, 3.8) is 0 Å². The van der Waals surface area contributed by atoms with Gasteiger partial charge in [0.25, 0.3) is 0 Å². The summed E-state index contributed by atoms with van der Waals surface area (Å²) in [6.07, 6.45) is 2.29. The normalized spacial score (nSPS) is 33.4. The van der Waals surface area contributed by atoms with Crippen molar-refractivity contribution in [3.05, 3.63) is 0 Å². The molecule has 0 aliphatic carbocycles. The number of rotatable bonds is 1. The third kappa shape index (κ3) is 1.91. The van der Waals surface area contributed by atoms with Gasteiger partial charge in [-0.3, -0.25) is 4.79 Å². The van der Waals surface area contributed by atoms with Crippen LogP contribution in [0.4, 0.5) is 0 Å². The summed E-state index contributed by atoms with van der Waals surface area (Å²) in [5.41, 5.74) is 0. The van der Waals surface area contributed by atoms with Gasteiger partial charge < -0.3 is 10.2 Å². The summed E-state index contributed by atoms with van der Waals surface area (Å²) in [7, 11) is 0. The lowest BCUT2D eigenvalue weighted by atomic mass is 10.2. The van der Waals surface area contributed by atoms with Gasteiger partial charge in [0.15, 0.2) is 0 Å². The molecule has 0 aromatic carbocycles. The largest absolute Gasteiger partial charge is 0.339 e. The lowest BCUT2D eigenvalue weighted by Gasteiger charge is -2.29. The monoisotopic (exact) mass is 196 g/mol. The second-order valence-electron chi connectivity index (χ2n) is 4.15. The van der Waals surface area contributed by atoms with E-state index in [2.05, 4.69) is 17.6 Å². The van der Waals surface area contributed by atoms with Gasteiger partial charge in [-0.2, -0.15) is 0 Å². The molecule has 0 bridgehead atoms. The molecule has 2 aliphatic rings. The number of hydrogen-bond acceptors (Lipinski definition) is 2. The Balaban J connectivity index is 1.92. The van der Waals surface area contributed by atoms with E-state index in [-0.39, 0.29) is 11.9 Å². The summed E-state index contributed by atoms with van der Waals surface area (Å²) in [5, 5.41) is 7.57. The van der Waals surface area contributed by atoms with Gasteiger partial charge in [-0.15, -0.1) is 0 Å². The number of nitrogens with zero attached hydrogens (tertiary/aromatic N) is 2. The Morgan fingerprint density at radius 1 is 1.57 bits per heavy atom. The molecule has 2 fully saturated rings. The fourth-order valence-electron chi connectivity index (χ4n) is 2.22. The first-order valence-corrected chi connectivity index (χ1v) is 5.47. The van der Waals surface area contributed by atoms with Crippen LogP contribution in [0.2, 0.25) is 0 Å². The quantitative estimate of drug-likeness (QED) is 0.619. The third-order valence-electron chi connectivity index (χ3n) is 3.10. The maximum absolute atomic E-state index is 12.0. The number of nitrogens with one attached hydrogen (secondary N) is 1. The van der Waals surface area contributed by atoms with Crippen molar-refractivity contribution in [3.8, 4) is 0 Å². The van der Waals surface area contributed by atoms with Crippen molar-refractivity contribution in [1.82, 2.24) is 15.5 Å². The lowest BCUT2D eigenvalue weighted by Crippen LogP contribution is -2.54. The molecule has 2 rings (SSSR count). The van der Waals surface area contributed by atoms with Crippen LogP contribution in [0.1, 0.15) is 19.8 Å². The van der Waals surface area contributed by atoms with Crippen molar-refractivity contribution < 1.29 is 4.79 Å². The zero-order chi connectivity index (χ0) is 9.97. The molecule has 2 atom stereocenters. The SMILES string of the molecule is CC1CCCN1C(=O)C1CNCC[N]1. The molecule has 2 heterocycles. The molecule has 0 saturated carbocycles. The van der Waals surface area contributed by atoms with Crippen LogP contribution in [0.5, 0.6) is 0 Å². The van der Waals surface area contributed by atoms with Gasteiger partial charge in [0.2, 0.25) is 5.91 Å². The van der Waals surface area contributed by atoms with Crippen LogP contribution in [0.25, 0.3) is 0 Å². The van der Waals surface area contributed by atoms with Gasteiger partial charge in [0.1, 0.15) is 6.04 Å². The molecule has 4 nitrogen and oxygen atoms in total. The molecule has 4 heteroatoms. The molecule has 2 aliphatic heterocycles. The van der Waals surface area contributed by atoms with E-state index in [1.165, 1.54) is 0 Å². The fourth-order valence-corrected chi connectivity index (χ4v) is 2.22. The van der Waals surface area contributed by atoms with Gasteiger partial charge in [-0.25, -0.2) is 5.32 Å². The van der Waals surface area contributed by atoms with Gasteiger partial charge in [-0.1, -0.05) is 0 Å². The van der Waals surface area contributed by atoms with Gasteiger partial charge >= 0.3 is 0 Å². The van der Waals surface area contributed by atoms with Gasteiger partial charge in [0.05, 0.1) is 0 Å². The molecular weight excluding hydrogens is 178 g/mol. The van der Waals surface area contributed by atoms with Crippen LogP contribution in [-0.2, 0) is 4.79 Å². The van der Waals surface area contributed by atoms with Crippen LogP contribution in [-0.4, -0.2) is 49.1 Å². The highest BCUT2D eigenvalue weighted by Crippen LogP contribution is 2.17. The molecule has 14 heavy (non-hydrogen) atoms. The number of likely N-dealkylation sites (tertiary alicyclic amines) is 1. The molecule has 2 saturated heterocycles. The molecule has 0 spiro atoms. The van der Waals surface area contributed by atoms with Crippen molar-refractivity contribution in [2.75, 3.05) is 26.2 Å². The number of hydrogen-bond donors (Lipinski definition) is 1. The highest BCUT2D eigenvalue weighted by Gasteiger charge is 2.31. The molecular formula is C10H18N3O. The van der Waals surface area contributed by atoms with Crippen LogP contribution < -0.4 is 10.6 Å². The smallest absolute Gasteiger partial charge is 0.242 e. The number of carbonyl (C=O) groups is 1. The first kappa shape index (κ1) is 9.93. The first-order valence-electron chi connectivity index (χ1n) is 5.47. The molecule has 1 amide bonds. The van der Waals surface area contributed by atoms with Gasteiger partial charge in [0, 0.05) is 32.2 Å². The number of piperazine rings is 1. The molecule has 0 aromatic heterocycles. The highest BCUT2D eigenvalue weighted by atomic mass is 16.2. The molecule has 2 unspecified atom stereocenters. The van der Waals surface area contributed by atoms with E-state index in [0.29, 0.717) is 6.04 Å². The summed E-state index contributed by atoms with van der Waals surface area (Å²) in [6, 6.07) is 0.295. The Labute approximate surface area is 85.0 Å². The topological polar surface area (TPSA) is 46.4 Å². The van der Waals surface area contributed by atoms with Crippen molar-refractivity contribution >= 4 is 5.91 Å². The summed E-state index contributed by atoms with van der Waals surface area (Å²) >= 11 is 0.